The van der Waals surface area contributed by atoms with Gasteiger partial charge in [-0.05, 0) is 32.6 Å². The fraction of sp³-hybridized carbons (Fsp3) is 0.714. The molecule has 0 amide bonds. The number of anilines is 1. The number of rotatable bonds is 2. The summed E-state index contributed by atoms with van der Waals surface area (Å²) in [6, 6.07) is 1.87. The van der Waals surface area contributed by atoms with E-state index in [9.17, 15) is 0 Å². The zero-order chi connectivity index (χ0) is 13.6. The molecule has 0 aromatic carbocycles. The lowest BCUT2D eigenvalue weighted by atomic mass is 9.85. The van der Waals surface area contributed by atoms with Crippen LogP contribution in [0.15, 0.2) is 6.07 Å². The van der Waals surface area contributed by atoms with Gasteiger partial charge >= 0.3 is 0 Å². The van der Waals surface area contributed by atoms with Crippen LogP contribution in [0.5, 0.6) is 5.88 Å². The summed E-state index contributed by atoms with van der Waals surface area (Å²) in [5.41, 5.74) is 1.04. The molecule has 5 nitrogen and oxygen atoms in total. The minimum atomic E-state index is 0.0902. The molecule has 2 saturated heterocycles. The number of nitrogens with zero attached hydrogens (tertiary/aromatic N) is 3. The van der Waals surface area contributed by atoms with Gasteiger partial charge in [-0.3, -0.25) is 0 Å². The summed E-state index contributed by atoms with van der Waals surface area (Å²) in [5.74, 6) is 2.82. The van der Waals surface area contributed by atoms with Gasteiger partial charge in [-0.2, -0.15) is 4.98 Å². The Morgan fingerprint density at radius 1 is 1.37 bits per heavy atom. The summed E-state index contributed by atoms with van der Waals surface area (Å²) in [6.45, 7) is 9.80. The van der Waals surface area contributed by atoms with Crippen LogP contribution in [0, 0.1) is 18.8 Å². The van der Waals surface area contributed by atoms with Crippen molar-refractivity contribution in [2.45, 2.75) is 26.3 Å². The molecule has 1 aromatic rings. The average Bonchev–Trinajstić information content (AvgIpc) is 2.91. The summed E-state index contributed by atoms with van der Waals surface area (Å²) in [6.07, 6.45) is 0. The summed E-state index contributed by atoms with van der Waals surface area (Å²) < 4.78 is 5.27. The van der Waals surface area contributed by atoms with Gasteiger partial charge < -0.3 is 15.0 Å². The van der Waals surface area contributed by atoms with Crippen LogP contribution in [0.1, 0.15) is 19.5 Å². The van der Waals surface area contributed by atoms with Gasteiger partial charge in [-0.15, -0.1) is 0 Å². The van der Waals surface area contributed by atoms with Crippen LogP contribution in [-0.4, -0.2) is 42.3 Å². The van der Waals surface area contributed by atoms with Crippen molar-refractivity contribution in [3.8, 4) is 5.88 Å². The third-order valence-electron chi connectivity index (χ3n) is 4.63. The molecule has 1 aromatic heterocycles. The molecule has 0 bridgehead atoms. The van der Waals surface area contributed by atoms with Crippen molar-refractivity contribution in [1.29, 1.82) is 0 Å². The number of nitrogens with one attached hydrogen (secondary N) is 1. The van der Waals surface area contributed by atoms with E-state index in [-0.39, 0.29) is 5.54 Å². The van der Waals surface area contributed by atoms with E-state index >= 15 is 0 Å². The van der Waals surface area contributed by atoms with Gasteiger partial charge in [-0.1, -0.05) is 0 Å². The maximum Gasteiger partial charge on any atom is 0.229 e. The zero-order valence-electron chi connectivity index (χ0n) is 12.1. The Morgan fingerprint density at radius 2 is 2.16 bits per heavy atom. The summed E-state index contributed by atoms with van der Waals surface area (Å²) in [4.78, 5) is 11.5. The largest absolute Gasteiger partial charge is 0.481 e. The molecule has 2 unspecified atom stereocenters. The molecule has 2 aliphatic heterocycles. The van der Waals surface area contributed by atoms with Crippen molar-refractivity contribution in [3.63, 3.8) is 0 Å². The molecule has 19 heavy (non-hydrogen) atoms. The van der Waals surface area contributed by atoms with E-state index in [1.165, 1.54) is 0 Å². The van der Waals surface area contributed by atoms with E-state index in [1.54, 1.807) is 7.11 Å². The number of fused-ring (bicyclic) bond motifs is 1. The van der Waals surface area contributed by atoms with Crippen molar-refractivity contribution < 1.29 is 4.74 Å². The zero-order valence-corrected chi connectivity index (χ0v) is 12.1. The molecule has 0 aliphatic carbocycles. The van der Waals surface area contributed by atoms with Gasteiger partial charge in [0, 0.05) is 36.9 Å². The summed E-state index contributed by atoms with van der Waals surface area (Å²) in [5, 5.41) is 3.49. The second kappa shape index (κ2) is 4.34. The minimum Gasteiger partial charge on any atom is -0.481 e. The van der Waals surface area contributed by atoms with Crippen LogP contribution in [0.2, 0.25) is 0 Å². The van der Waals surface area contributed by atoms with E-state index in [0.29, 0.717) is 17.7 Å². The van der Waals surface area contributed by atoms with Crippen molar-refractivity contribution in [1.82, 2.24) is 15.3 Å². The van der Waals surface area contributed by atoms with Crippen LogP contribution in [0.4, 0.5) is 5.95 Å². The molecule has 0 saturated carbocycles. The topological polar surface area (TPSA) is 50.3 Å². The first kappa shape index (κ1) is 12.7. The Morgan fingerprint density at radius 3 is 2.84 bits per heavy atom. The van der Waals surface area contributed by atoms with Crippen LogP contribution in [-0.2, 0) is 0 Å². The van der Waals surface area contributed by atoms with Gasteiger partial charge in [0.2, 0.25) is 11.8 Å². The molecule has 2 fully saturated rings. The van der Waals surface area contributed by atoms with Crippen LogP contribution in [0.25, 0.3) is 0 Å². The molecule has 0 spiro atoms. The fourth-order valence-electron chi connectivity index (χ4n) is 3.51. The van der Waals surface area contributed by atoms with Crippen molar-refractivity contribution >= 4 is 5.95 Å². The number of hydrogen-bond acceptors (Lipinski definition) is 5. The molecule has 5 heteroatoms. The lowest BCUT2D eigenvalue weighted by molar-refractivity contribution is 0.353. The number of ether oxygens (including phenoxy) is 1. The SMILES string of the molecule is COc1cc(C)nc(N2CC3CNCC3C2(C)C)n1. The molecular formula is C14H22N4O. The van der Waals surface area contributed by atoms with E-state index in [0.717, 1.165) is 31.3 Å². The van der Waals surface area contributed by atoms with Crippen molar-refractivity contribution in [2.75, 3.05) is 31.6 Å². The Kier molecular flexibility index (Phi) is 2.89. The molecule has 3 heterocycles. The highest BCUT2D eigenvalue weighted by molar-refractivity contribution is 5.41. The predicted molar refractivity (Wildman–Crippen MR) is 74.6 cm³/mol. The first-order chi connectivity index (χ1) is 9.02. The van der Waals surface area contributed by atoms with Crippen LogP contribution >= 0.6 is 0 Å². The Labute approximate surface area is 114 Å². The Balaban J connectivity index is 1.96. The van der Waals surface area contributed by atoms with E-state index < -0.39 is 0 Å². The summed E-state index contributed by atoms with van der Waals surface area (Å²) >= 11 is 0. The first-order valence-electron chi connectivity index (χ1n) is 6.90. The van der Waals surface area contributed by atoms with Gasteiger partial charge in [0.15, 0.2) is 0 Å². The van der Waals surface area contributed by atoms with Gasteiger partial charge in [0.05, 0.1) is 7.11 Å². The summed E-state index contributed by atoms with van der Waals surface area (Å²) in [7, 11) is 1.65. The quantitative estimate of drug-likeness (QED) is 0.868. The third kappa shape index (κ3) is 1.96. The van der Waals surface area contributed by atoms with E-state index in [4.69, 9.17) is 4.74 Å². The van der Waals surface area contributed by atoms with Gasteiger partial charge in [-0.25, -0.2) is 4.98 Å². The Hall–Kier alpha value is -1.36. The second-order valence-corrected chi connectivity index (χ2v) is 6.14. The van der Waals surface area contributed by atoms with Crippen LogP contribution in [0.3, 0.4) is 0 Å². The highest BCUT2D eigenvalue weighted by atomic mass is 16.5. The van der Waals surface area contributed by atoms with Crippen molar-refractivity contribution in [3.05, 3.63) is 11.8 Å². The standard InChI is InChI=1S/C14H22N4O/c1-9-5-12(19-4)17-13(16-9)18-8-10-6-15-7-11(10)14(18,2)3/h5,10-11,15H,6-8H2,1-4H3. The smallest absolute Gasteiger partial charge is 0.229 e. The molecule has 104 valence electrons. The first-order valence-corrected chi connectivity index (χ1v) is 6.90. The normalized spacial score (nSPS) is 28.5. The van der Waals surface area contributed by atoms with Gasteiger partial charge in [0.25, 0.3) is 0 Å². The molecule has 3 rings (SSSR count). The maximum absolute atomic E-state index is 5.27. The monoisotopic (exact) mass is 262 g/mol. The number of hydrogen-bond donors (Lipinski definition) is 1. The van der Waals surface area contributed by atoms with Gasteiger partial charge in [0.1, 0.15) is 0 Å². The fourth-order valence-corrected chi connectivity index (χ4v) is 3.51. The highest BCUT2D eigenvalue weighted by Crippen LogP contribution is 2.42. The third-order valence-corrected chi connectivity index (χ3v) is 4.63. The number of aromatic nitrogens is 2. The Bertz CT molecular complexity index is 488. The number of aryl methyl sites for hydroxylation is 1. The molecule has 1 N–H and O–H groups in total. The average molecular weight is 262 g/mol. The molecule has 2 atom stereocenters. The maximum atomic E-state index is 5.27. The lowest BCUT2D eigenvalue weighted by Gasteiger charge is -2.35. The minimum absolute atomic E-state index is 0.0902. The lowest BCUT2D eigenvalue weighted by Crippen LogP contribution is -2.45. The molecule has 0 radical (unpaired) electrons. The molecular weight excluding hydrogens is 240 g/mol. The van der Waals surface area contributed by atoms with Crippen molar-refractivity contribution in [2.24, 2.45) is 11.8 Å². The molecule has 2 aliphatic rings. The predicted octanol–water partition coefficient (Wildman–Crippen LogP) is 1.23. The van der Waals surface area contributed by atoms with E-state index in [1.807, 2.05) is 13.0 Å². The van der Waals surface area contributed by atoms with Crippen LogP contribution < -0.4 is 15.0 Å². The highest BCUT2D eigenvalue weighted by Gasteiger charge is 2.50. The number of methoxy groups -OCH3 is 1. The second-order valence-electron chi connectivity index (χ2n) is 6.14. The van der Waals surface area contributed by atoms with E-state index in [2.05, 4.69) is 34.0 Å².